The van der Waals surface area contributed by atoms with E-state index in [4.69, 9.17) is 4.98 Å². The van der Waals surface area contributed by atoms with Gasteiger partial charge in [-0.25, -0.2) is 13.4 Å². The average Bonchev–Trinajstić information content (AvgIpc) is 3.35. The lowest BCUT2D eigenvalue weighted by Crippen LogP contribution is -2.36. The fourth-order valence-corrected chi connectivity index (χ4v) is 6.60. The van der Waals surface area contributed by atoms with E-state index >= 15 is 0 Å². The molecule has 3 aromatic carbocycles. The third kappa shape index (κ3) is 6.30. The average molecular weight is 551 g/mol. The molecule has 0 aliphatic heterocycles. The van der Waals surface area contributed by atoms with Gasteiger partial charge >= 0.3 is 0 Å². The highest BCUT2D eigenvalue weighted by atomic mass is 32.2. The number of hydrogen-bond donors (Lipinski definition) is 0. The van der Waals surface area contributed by atoms with E-state index < -0.39 is 10.0 Å². The highest BCUT2D eigenvalue weighted by molar-refractivity contribution is 7.89. The van der Waals surface area contributed by atoms with Crippen LogP contribution in [0.5, 0.6) is 0 Å². The standard InChI is InChI=1S/C29H34N4O3S2/c1-5-22-12-17-26-27(20-22)37-29(30-26)33(19-18-31(3)4)28(34)24-13-15-25(16-14-24)38(35,36)32(6-2)21-23-10-8-7-9-11-23/h7-17,20H,5-6,18-19,21H2,1-4H3. The number of fused-ring (bicyclic) bond motifs is 1. The van der Waals surface area contributed by atoms with E-state index in [1.165, 1.54) is 33.3 Å². The second-order valence-corrected chi connectivity index (χ2v) is 12.3. The first-order valence-electron chi connectivity index (χ1n) is 12.7. The van der Waals surface area contributed by atoms with Crippen molar-refractivity contribution in [2.75, 3.05) is 38.6 Å². The van der Waals surface area contributed by atoms with Crippen LogP contribution < -0.4 is 4.90 Å². The summed E-state index contributed by atoms with van der Waals surface area (Å²) in [6, 6.07) is 21.9. The molecule has 0 aliphatic rings. The summed E-state index contributed by atoms with van der Waals surface area (Å²) in [5.41, 5.74) is 3.43. The summed E-state index contributed by atoms with van der Waals surface area (Å²) >= 11 is 1.50. The van der Waals surface area contributed by atoms with E-state index in [1.807, 2.05) is 62.3 Å². The van der Waals surface area contributed by atoms with E-state index in [0.717, 1.165) is 22.2 Å². The quantitative estimate of drug-likeness (QED) is 0.254. The van der Waals surface area contributed by atoms with Crippen LogP contribution in [0.25, 0.3) is 10.2 Å². The van der Waals surface area contributed by atoms with Crippen LogP contribution in [0.2, 0.25) is 0 Å². The Hall–Kier alpha value is -3.11. The zero-order valence-electron chi connectivity index (χ0n) is 22.3. The summed E-state index contributed by atoms with van der Waals surface area (Å²) in [5, 5.41) is 0.636. The summed E-state index contributed by atoms with van der Waals surface area (Å²) in [7, 11) is 0.205. The van der Waals surface area contributed by atoms with Crippen molar-refractivity contribution in [1.29, 1.82) is 0 Å². The molecule has 1 amide bonds. The molecule has 0 aliphatic carbocycles. The molecule has 4 aromatic rings. The largest absolute Gasteiger partial charge is 0.308 e. The van der Waals surface area contributed by atoms with Gasteiger partial charge in [-0.1, -0.05) is 61.6 Å². The van der Waals surface area contributed by atoms with Crippen LogP contribution in [0.1, 0.15) is 35.3 Å². The Morgan fingerprint density at radius 1 is 0.895 bits per heavy atom. The van der Waals surface area contributed by atoms with Crippen LogP contribution in [0.4, 0.5) is 5.13 Å². The molecule has 0 N–H and O–H groups in total. The van der Waals surface area contributed by atoms with E-state index in [1.54, 1.807) is 17.0 Å². The van der Waals surface area contributed by atoms with Crippen molar-refractivity contribution >= 4 is 42.6 Å². The maximum Gasteiger partial charge on any atom is 0.260 e. The van der Waals surface area contributed by atoms with Gasteiger partial charge in [-0.2, -0.15) is 4.31 Å². The Bertz CT molecular complexity index is 1480. The second kappa shape index (κ2) is 12.2. The first kappa shape index (κ1) is 27.9. The van der Waals surface area contributed by atoms with E-state index in [9.17, 15) is 13.2 Å². The van der Waals surface area contributed by atoms with Gasteiger partial charge in [0.25, 0.3) is 5.91 Å². The second-order valence-electron chi connectivity index (χ2n) is 9.35. The van der Waals surface area contributed by atoms with Crippen molar-refractivity contribution in [2.45, 2.75) is 31.7 Å². The molecule has 0 spiro atoms. The number of sulfonamides is 1. The van der Waals surface area contributed by atoms with Gasteiger partial charge in [0.15, 0.2) is 5.13 Å². The molecule has 0 atom stereocenters. The number of likely N-dealkylation sites (N-methyl/N-ethyl adjacent to an activating group) is 1. The van der Waals surface area contributed by atoms with Gasteiger partial charge in [0.05, 0.1) is 15.1 Å². The highest BCUT2D eigenvalue weighted by Gasteiger charge is 2.25. The normalized spacial score (nSPS) is 11.9. The van der Waals surface area contributed by atoms with Gasteiger partial charge in [0, 0.05) is 31.7 Å². The number of aryl methyl sites for hydroxylation is 1. The molecule has 0 saturated heterocycles. The summed E-state index contributed by atoms with van der Waals surface area (Å²) in [4.78, 5) is 22.3. The Balaban J connectivity index is 1.60. The van der Waals surface area contributed by atoms with E-state index in [2.05, 4.69) is 19.1 Å². The molecule has 1 heterocycles. The molecule has 0 radical (unpaired) electrons. The van der Waals surface area contributed by atoms with Gasteiger partial charge < -0.3 is 4.90 Å². The molecule has 0 saturated carbocycles. The minimum absolute atomic E-state index is 0.166. The molecular formula is C29H34N4O3S2. The number of anilines is 1. The van der Waals surface area contributed by atoms with Crippen LogP contribution in [0, 0.1) is 0 Å². The monoisotopic (exact) mass is 550 g/mol. The predicted octanol–water partition coefficient (Wildman–Crippen LogP) is 5.28. The van der Waals surface area contributed by atoms with Gasteiger partial charge in [-0.3, -0.25) is 9.69 Å². The third-order valence-electron chi connectivity index (χ3n) is 6.39. The van der Waals surface area contributed by atoms with Crippen molar-refractivity contribution in [3.05, 3.63) is 89.5 Å². The van der Waals surface area contributed by atoms with Crippen LogP contribution in [0.15, 0.2) is 77.7 Å². The SMILES string of the molecule is CCc1ccc2nc(N(CCN(C)C)C(=O)c3ccc(S(=O)(=O)N(CC)Cc4ccccc4)cc3)sc2c1. The van der Waals surface area contributed by atoms with Crippen molar-refractivity contribution in [3.63, 3.8) is 0 Å². The number of nitrogens with zero attached hydrogens (tertiary/aromatic N) is 4. The first-order chi connectivity index (χ1) is 18.2. The Kier molecular flexibility index (Phi) is 8.94. The molecule has 0 unspecified atom stereocenters. The minimum atomic E-state index is -3.72. The predicted molar refractivity (Wildman–Crippen MR) is 155 cm³/mol. The zero-order chi connectivity index (χ0) is 27.3. The smallest absolute Gasteiger partial charge is 0.260 e. The lowest BCUT2D eigenvalue weighted by molar-refractivity contribution is 0.0985. The number of benzene rings is 3. The van der Waals surface area contributed by atoms with Crippen molar-refractivity contribution < 1.29 is 13.2 Å². The number of aromatic nitrogens is 1. The molecule has 1 aromatic heterocycles. The molecule has 9 heteroatoms. The maximum absolute atomic E-state index is 13.7. The Morgan fingerprint density at radius 2 is 1.61 bits per heavy atom. The van der Waals surface area contributed by atoms with Crippen LogP contribution in [-0.2, 0) is 23.0 Å². The molecule has 4 rings (SSSR count). The van der Waals surface area contributed by atoms with Gasteiger partial charge in [0.1, 0.15) is 0 Å². The number of carbonyl (C=O) groups excluding carboxylic acids is 1. The van der Waals surface area contributed by atoms with Crippen molar-refractivity contribution in [2.24, 2.45) is 0 Å². The summed E-state index contributed by atoms with van der Waals surface area (Å²) in [5.74, 6) is -0.206. The highest BCUT2D eigenvalue weighted by Crippen LogP contribution is 2.31. The van der Waals surface area contributed by atoms with Gasteiger partial charge in [-0.15, -0.1) is 0 Å². The first-order valence-corrected chi connectivity index (χ1v) is 15.0. The van der Waals surface area contributed by atoms with E-state index in [-0.39, 0.29) is 17.3 Å². The summed E-state index contributed by atoms with van der Waals surface area (Å²) in [6.45, 7) is 5.69. The number of hydrogen-bond acceptors (Lipinski definition) is 6. The summed E-state index contributed by atoms with van der Waals surface area (Å²) in [6.07, 6.45) is 0.933. The lowest BCUT2D eigenvalue weighted by atomic mass is 10.2. The minimum Gasteiger partial charge on any atom is -0.308 e. The molecule has 200 valence electrons. The van der Waals surface area contributed by atoms with Gasteiger partial charge in [-0.05, 0) is 68.0 Å². The van der Waals surface area contributed by atoms with Crippen molar-refractivity contribution in [1.82, 2.24) is 14.2 Å². The number of rotatable bonds is 11. The number of amides is 1. The van der Waals surface area contributed by atoms with Crippen LogP contribution in [0.3, 0.4) is 0 Å². The topological polar surface area (TPSA) is 73.8 Å². The molecular weight excluding hydrogens is 516 g/mol. The fourth-order valence-electron chi connectivity index (χ4n) is 4.10. The number of carbonyl (C=O) groups is 1. The summed E-state index contributed by atoms with van der Waals surface area (Å²) < 4.78 is 29.2. The fraction of sp³-hybridized carbons (Fsp3) is 0.310. The van der Waals surface area contributed by atoms with Crippen molar-refractivity contribution in [3.8, 4) is 0 Å². The lowest BCUT2D eigenvalue weighted by Gasteiger charge is -2.23. The Labute approximate surface area is 229 Å². The Morgan fingerprint density at radius 3 is 2.24 bits per heavy atom. The maximum atomic E-state index is 13.7. The van der Waals surface area contributed by atoms with E-state index in [0.29, 0.717) is 30.3 Å². The molecule has 0 fully saturated rings. The molecule has 7 nitrogen and oxygen atoms in total. The third-order valence-corrected chi connectivity index (χ3v) is 9.37. The van der Waals surface area contributed by atoms with Gasteiger partial charge in [0.2, 0.25) is 10.0 Å². The van der Waals surface area contributed by atoms with Crippen LogP contribution >= 0.6 is 11.3 Å². The zero-order valence-corrected chi connectivity index (χ0v) is 23.9. The van der Waals surface area contributed by atoms with Crippen LogP contribution in [-0.4, -0.2) is 62.2 Å². The number of thiazole rings is 1. The molecule has 38 heavy (non-hydrogen) atoms. The molecule has 0 bridgehead atoms.